The van der Waals surface area contributed by atoms with Gasteiger partial charge in [-0.15, -0.1) is 12.8 Å². The van der Waals surface area contributed by atoms with E-state index in [-0.39, 0.29) is 13.2 Å². The first-order valence-corrected chi connectivity index (χ1v) is 43.1. The van der Waals surface area contributed by atoms with Crippen molar-refractivity contribution >= 4 is 137 Å². The minimum atomic E-state index is -4.64. The molecule has 121 heavy (non-hydrogen) atoms. The molecule has 12 unspecified atom stereocenters. The smallest absolute Gasteiger partial charge is 0.464 e. The van der Waals surface area contributed by atoms with Gasteiger partial charge in [-0.25, -0.2) is 9.13 Å². The van der Waals surface area contributed by atoms with Crippen molar-refractivity contribution in [1.82, 2.24) is 4.90 Å². The zero-order valence-electron chi connectivity index (χ0n) is 72.4. The van der Waals surface area contributed by atoms with E-state index >= 15 is 0 Å². The molecule has 0 radical (unpaired) electrons. The third-order valence-corrected chi connectivity index (χ3v) is 22.6. The number of amides is 2. The van der Waals surface area contributed by atoms with E-state index in [0.29, 0.717) is 22.1 Å². The van der Waals surface area contributed by atoms with E-state index in [4.69, 9.17) is 87.8 Å². The van der Waals surface area contributed by atoms with E-state index in [1.165, 1.54) is 69.2 Å². The van der Waals surface area contributed by atoms with Crippen LogP contribution in [0.5, 0.6) is 0 Å². The number of ether oxygens (including phenoxy) is 12. The van der Waals surface area contributed by atoms with Gasteiger partial charge in [-0.1, -0.05) is 55.9 Å². The molecule has 2 amide bonds. The zero-order valence-corrected chi connectivity index (χ0v) is 77.3. The maximum absolute atomic E-state index is 15.0. The fourth-order valence-corrected chi connectivity index (χ4v) is 16.9. The molecule has 0 aliphatic carbocycles. The predicted octanol–water partition coefficient (Wildman–Crippen LogP) is 5.54. The third kappa shape index (κ3) is 34.6. The van der Waals surface area contributed by atoms with Crippen LogP contribution in [0.3, 0.4) is 0 Å². The van der Waals surface area contributed by atoms with Crippen molar-refractivity contribution in [3.05, 3.63) is 12.2 Å². The van der Waals surface area contributed by atoms with Gasteiger partial charge in [0.05, 0.1) is 119 Å². The Morgan fingerprint density at radius 2 is 0.702 bits per heavy atom. The van der Waals surface area contributed by atoms with E-state index in [9.17, 15) is 90.8 Å². The number of quaternary nitrogens is 2. The molecule has 42 heteroatoms. The van der Waals surface area contributed by atoms with Crippen molar-refractivity contribution < 1.29 is 175 Å². The van der Waals surface area contributed by atoms with E-state index in [2.05, 4.69) is 43.7 Å². The molecule has 0 aromatic rings. The van der Waals surface area contributed by atoms with Crippen molar-refractivity contribution in [3.63, 3.8) is 0 Å². The summed E-state index contributed by atoms with van der Waals surface area (Å²) in [5, 5.41) is 0. The number of carbonyl (C=O) groups is 15. The van der Waals surface area contributed by atoms with Crippen LogP contribution in [0.4, 0.5) is 0 Å². The summed E-state index contributed by atoms with van der Waals surface area (Å²) < 4.78 is 109. The molecule has 3 heterocycles. The number of phosphoric ester groups is 2. The number of terminal acetylenes is 2. The molecule has 0 saturated carbocycles. The monoisotopic (exact) mass is 1890 g/mol. The highest BCUT2D eigenvalue weighted by molar-refractivity contribution is 9.10. The van der Waals surface area contributed by atoms with Crippen LogP contribution in [0, 0.1) is 74.4 Å². The topological polar surface area (TPSA) is 482 Å². The minimum Gasteiger partial charge on any atom is -0.464 e. The van der Waals surface area contributed by atoms with Crippen molar-refractivity contribution in [2.24, 2.45) is 49.7 Å². The first-order chi connectivity index (χ1) is 55.4. The molecule has 38 nitrogen and oxygen atoms in total. The number of esters is 11. The average molecular weight is 1890 g/mol. The lowest BCUT2D eigenvalue weighted by molar-refractivity contribution is -0.870. The molecule has 3 rings (SSSR count). The summed E-state index contributed by atoms with van der Waals surface area (Å²) in [6.45, 7) is 7.29. The SMILES string of the molecule is C#CCOC(=O)C(C)(CC(C)(C)C(=O)OCC(C)(COC(=O)C(C)(C)CC(C)(CC(C)(CC(C)(Br)C(=O)OCCOP(=O)(O)OCC[N+](C)(C)C)C(=O)OCCOC(=O)CC(C)=O)C(=O)OCC#C)C(=O)OCCN1C(=O)C2C3C=CC(O3)C2C1=O)CC(C)(CC(C)(Br)C(=O)OCCOP(=O)(O)OCC[N+](C)(C)C)C(=O)OCCOC(=O)CC(C)=O. The van der Waals surface area contributed by atoms with Crippen LogP contribution in [0.15, 0.2) is 12.2 Å². The second-order valence-corrected chi connectivity index (χ2v) is 41.7. The highest BCUT2D eigenvalue weighted by atomic mass is 79.9. The molecule has 2 bridgehead atoms. The first kappa shape index (κ1) is 108. The Balaban J connectivity index is 2.14. The van der Waals surface area contributed by atoms with E-state index < -0.39 is 319 Å². The highest BCUT2D eigenvalue weighted by Crippen LogP contribution is 2.53. The number of rotatable bonds is 56. The lowest BCUT2D eigenvalue weighted by atomic mass is 9.64. The molecule has 0 aromatic heterocycles. The minimum absolute atomic E-state index is 0.168. The number of alkyl halides is 2. The molecule has 682 valence electrons. The Hall–Kier alpha value is -7.43. The number of hydrogen-bond donors (Lipinski definition) is 2. The lowest BCUT2D eigenvalue weighted by Gasteiger charge is -2.42. The van der Waals surface area contributed by atoms with Gasteiger partial charge in [0.1, 0.15) is 124 Å². The molecule has 0 aromatic carbocycles. The summed E-state index contributed by atoms with van der Waals surface area (Å²) in [7, 11) is 1.65. The van der Waals surface area contributed by atoms with E-state index in [1.54, 1.807) is 12.2 Å². The van der Waals surface area contributed by atoms with Gasteiger partial charge in [0, 0.05) is 0 Å². The summed E-state index contributed by atoms with van der Waals surface area (Å²) >= 11 is 6.70. The number of carbonyl (C=O) groups excluding carboxylic acids is 15. The average Bonchev–Trinajstić information content (AvgIpc) is 1.57. The van der Waals surface area contributed by atoms with Gasteiger partial charge in [-0.05, 0) is 129 Å². The van der Waals surface area contributed by atoms with Crippen LogP contribution >= 0.6 is 47.5 Å². The first-order valence-electron chi connectivity index (χ1n) is 38.5. The Bertz CT molecular complexity index is 3770. The number of fused-ring (bicyclic) bond motifs is 5. The van der Waals surface area contributed by atoms with Gasteiger partial charge in [0.25, 0.3) is 0 Å². The van der Waals surface area contributed by atoms with Gasteiger partial charge in [-0.3, -0.25) is 94.9 Å². The number of ketones is 2. The van der Waals surface area contributed by atoms with Crippen LogP contribution in [0.25, 0.3) is 0 Å². The number of likely N-dealkylation sites (N-methyl/N-ethyl adjacent to an activating group) is 2. The van der Waals surface area contributed by atoms with Crippen LogP contribution in [0.1, 0.15) is 141 Å². The summed E-state index contributed by atoms with van der Waals surface area (Å²) in [5.74, 6) is -11.7. The van der Waals surface area contributed by atoms with Gasteiger partial charge in [0.2, 0.25) is 11.8 Å². The molecule has 0 spiro atoms. The van der Waals surface area contributed by atoms with Crippen molar-refractivity contribution in [2.75, 3.05) is 161 Å². The molecule has 3 aliphatic rings. The third-order valence-electron chi connectivity index (χ3n) is 19.4. The van der Waals surface area contributed by atoms with Crippen LogP contribution < -0.4 is 0 Å². The molecule has 2 saturated heterocycles. The molecule has 12 atom stereocenters. The number of imide groups is 1. The number of Topliss-reactive ketones (excluding diaryl/α,β-unsaturated/α-hetero) is 2. The Labute approximate surface area is 722 Å². The van der Waals surface area contributed by atoms with Crippen LogP contribution in [-0.4, -0.2) is 295 Å². The second kappa shape index (κ2) is 44.9. The quantitative estimate of drug-likeness (QED) is 0.00721. The summed E-state index contributed by atoms with van der Waals surface area (Å²) in [4.78, 5) is 228. The maximum atomic E-state index is 15.0. The number of halogens is 2. The van der Waals surface area contributed by atoms with E-state index in [1.807, 2.05) is 42.3 Å². The number of phosphoric acid groups is 2. The molecule has 3 aliphatic heterocycles. The number of hydrogen-bond acceptors (Lipinski definition) is 33. The molecular formula is C79H119Br2N3O35P2+2. The van der Waals surface area contributed by atoms with E-state index in [0.717, 1.165) is 25.7 Å². The Kier molecular flexibility index (Phi) is 40.0. The second-order valence-electron chi connectivity index (χ2n) is 35.2. The number of nitrogens with zero attached hydrogens (tertiary/aromatic N) is 3. The van der Waals surface area contributed by atoms with Gasteiger partial charge >= 0.3 is 81.3 Å². The van der Waals surface area contributed by atoms with Gasteiger partial charge < -0.3 is 75.6 Å². The van der Waals surface area contributed by atoms with Crippen molar-refractivity contribution in [3.8, 4) is 24.7 Å². The molecule has 2 N–H and O–H groups in total. The fourth-order valence-electron chi connectivity index (χ4n) is 14.1. The summed E-state index contributed by atoms with van der Waals surface area (Å²) in [6.07, 6.45) is 8.03. The number of likely N-dealkylation sites (tertiary alicyclic amines) is 1. The van der Waals surface area contributed by atoms with Crippen LogP contribution in [-0.2, 0) is 156 Å². The highest BCUT2D eigenvalue weighted by Gasteiger charge is 2.61. The van der Waals surface area contributed by atoms with Gasteiger partial charge in [0.15, 0.2) is 13.2 Å². The zero-order chi connectivity index (χ0) is 92.6. The Morgan fingerprint density at radius 1 is 0.413 bits per heavy atom. The largest absolute Gasteiger partial charge is 0.472 e. The van der Waals surface area contributed by atoms with Gasteiger partial charge in [-0.2, -0.15) is 0 Å². The molecular weight excluding hydrogens is 1770 g/mol. The standard InChI is InChI=1S/C79H117Br2N3O35P2/c1-22-29-106-64(93)73(9,46-75(11,66(95)109-36-34-104-56(87)42-52(3)85)48-78(14,80)69(98)111-38-40-117-120(100,101)115-32-27-83(16,17)18)44-71(5,6)62(91)113-50-77(13,68(97)108-31-26-82-60(89)58-54-24-25-55(119-54)59(58)61(82)90)51-114-63(92)72(7,8)45-74(10,65(94)107-30-23-2)47-76(12,67(96)110-37-35-105-57(88)43-53(4)86)49-79(15,81)70(99)112-39-41-118-121(102,103)116-33-28-84(19,20)21/h1-2,24-25,54-55,58-59H,26-51H2,3-21H3/p+2. The maximum Gasteiger partial charge on any atom is 0.472 e. The van der Waals surface area contributed by atoms with Crippen LogP contribution in [0.2, 0.25) is 0 Å². The Morgan fingerprint density at radius 3 is 1.03 bits per heavy atom. The normalized spacial score (nSPS) is 20.2. The summed E-state index contributed by atoms with van der Waals surface area (Å²) in [6, 6.07) is 0. The summed E-state index contributed by atoms with van der Waals surface area (Å²) in [5.41, 5.74) is -14.4. The molecule has 2 fully saturated rings. The fraction of sp³-hybridized carbons (Fsp3) is 0.734. The van der Waals surface area contributed by atoms with Crippen molar-refractivity contribution in [1.29, 1.82) is 0 Å². The van der Waals surface area contributed by atoms with Crippen molar-refractivity contribution in [2.45, 2.75) is 162 Å². The predicted molar refractivity (Wildman–Crippen MR) is 430 cm³/mol. The lowest BCUT2D eigenvalue weighted by Crippen LogP contribution is -2.48.